The van der Waals surface area contributed by atoms with Crippen molar-refractivity contribution in [2.75, 3.05) is 5.32 Å². The molecule has 0 aromatic heterocycles. The Morgan fingerprint density at radius 3 is 2.35 bits per heavy atom. The highest BCUT2D eigenvalue weighted by atomic mass is 127. The molecule has 1 nitrogen and oxygen atoms in total. The number of hydrogen-bond acceptors (Lipinski definition) is 1. The maximum absolute atomic E-state index is 6.25. The summed E-state index contributed by atoms with van der Waals surface area (Å²) in [5.74, 6) is 0. The van der Waals surface area contributed by atoms with E-state index in [1.807, 2.05) is 31.2 Å². The molecule has 6 heteroatoms. The summed E-state index contributed by atoms with van der Waals surface area (Å²) in [7, 11) is 0. The van der Waals surface area contributed by atoms with Gasteiger partial charge in [-0.15, -0.1) is 0 Å². The molecule has 1 unspecified atom stereocenters. The molecule has 0 aliphatic rings. The van der Waals surface area contributed by atoms with Crippen molar-refractivity contribution in [2.45, 2.75) is 13.0 Å². The first-order chi connectivity index (χ1) is 9.40. The standard InChI is InChI=1S/C14H10Cl4IN/c1-7(9-3-4-10(16)14(18)13(9)17)20-12-5-2-8(15)6-11(12)19/h2-7,20H,1H3. The highest BCUT2D eigenvalue weighted by Crippen LogP contribution is 2.36. The molecule has 0 fully saturated rings. The van der Waals surface area contributed by atoms with Gasteiger partial charge in [0.2, 0.25) is 0 Å². The number of halogens is 5. The van der Waals surface area contributed by atoms with Crippen LogP contribution in [0.1, 0.15) is 18.5 Å². The second kappa shape index (κ2) is 6.93. The number of nitrogens with one attached hydrogen (secondary N) is 1. The maximum Gasteiger partial charge on any atom is 0.0782 e. The van der Waals surface area contributed by atoms with Gasteiger partial charge in [0, 0.05) is 14.3 Å². The van der Waals surface area contributed by atoms with Crippen LogP contribution in [-0.2, 0) is 0 Å². The lowest BCUT2D eigenvalue weighted by atomic mass is 10.1. The monoisotopic (exact) mass is 459 g/mol. The Morgan fingerprint density at radius 1 is 1.00 bits per heavy atom. The summed E-state index contributed by atoms with van der Waals surface area (Å²) in [4.78, 5) is 0. The molecular formula is C14H10Cl4IN. The largest absolute Gasteiger partial charge is 0.378 e. The number of rotatable bonds is 3. The van der Waals surface area contributed by atoms with Crippen LogP contribution in [0.3, 0.4) is 0 Å². The third kappa shape index (κ3) is 3.66. The van der Waals surface area contributed by atoms with Crippen LogP contribution >= 0.6 is 69.0 Å². The Hall–Kier alpha value is 0.130. The molecule has 0 aliphatic heterocycles. The Balaban J connectivity index is 2.28. The van der Waals surface area contributed by atoms with Crippen LogP contribution in [0.15, 0.2) is 30.3 Å². The van der Waals surface area contributed by atoms with Crippen molar-refractivity contribution in [3.05, 3.63) is 59.6 Å². The number of benzene rings is 2. The summed E-state index contributed by atoms with van der Waals surface area (Å²) >= 11 is 26.4. The van der Waals surface area contributed by atoms with Gasteiger partial charge in [0.05, 0.1) is 21.1 Å². The summed E-state index contributed by atoms with van der Waals surface area (Å²) in [5, 5.41) is 5.40. The summed E-state index contributed by atoms with van der Waals surface area (Å²) < 4.78 is 1.04. The molecule has 2 rings (SSSR count). The number of anilines is 1. The quantitative estimate of drug-likeness (QED) is 0.381. The van der Waals surface area contributed by atoms with Crippen LogP contribution in [0.4, 0.5) is 5.69 Å². The normalized spacial score (nSPS) is 12.3. The van der Waals surface area contributed by atoms with E-state index in [0.29, 0.717) is 20.1 Å². The SMILES string of the molecule is CC(Nc1ccc(Cl)cc1I)c1ccc(Cl)c(Cl)c1Cl. The van der Waals surface area contributed by atoms with Crippen LogP contribution in [0.5, 0.6) is 0 Å². The van der Waals surface area contributed by atoms with E-state index >= 15 is 0 Å². The van der Waals surface area contributed by atoms with Crippen molar-refractivity contribution >= 4 is 74.7 Å². The zero-order chi connectivity index (χ0) is 14.9. The Bertz CT molecular complexity index is 645. The van der Waals surface area contributed by atoms with E-state index in [0.717, 1.165) is 14.8 Å². The molecule has 2 aromatic carbocycles. The minimum absolute atomic E-state index is 0.00745. The molecule has 0 saturated carbocycles. The van der Waals surface area contributed by atoms with Gasteiger partial charge in [-0.05, 0) is 59.3 Å². The third-order valence-corrected chi connectivity index (χ3v) is 5.27. The van der Waals surface area contributed by atoms with E-state index in [2.05, 4.69) is 27.9 Å². The van der Waals surface area contributed by atoms with Gasteiger partial charge in [0.15, 0.2) is 0 Å². The lowest BCUT2D eigenvalue weighted by Gasteiger charge is -2.19. The Kier molecular flexibility index (Phi) is 5.71. The van der Waals surface area contributed by atoms with Gasteiger partial charge in [0.1, 0.15) is 0 Å². The molecule has 1 N–H and O–H groups in total. The van der Waals surface area contributed by atoms with Crippen molar-refractivity contribution in [3.63, 3.8) is 0 Å². The molecular weight excluding hydrogens is 451 g/mol. The van der Waals surface area contributed by atoms with Crippen LogP contribution in [0.25, 0.3) is 0 Å². The first kappa shape index (κ1) is 16.5. The molecule has 0 bridgehead atoms. The Labute approximate surface area is 151 Å². The molecule has 2 aromatic rings. The zero-order valence-electron chi connectivity index (χ0n) is 10.4. The van der Waals surface area contributed by atoms with Crippen LogP contribution in [0, 0.1) is 3.57 Å². The predicted octanol–water partition coefficient (Wildman–Crippen LogP) is 7.08. The van der Waals surface area contributed by atoms with Gasteiger partial charge in [-0.3, -0.25) is 0 Å². The molecule has 0 heterocycles. The number of hydrogen-bond donors (Lipinski definition) is 1. The summed E-state index contributed by atoms with van der Waals surface area (Å²) in [6, 6.07) is 9.29. The second-order valence-corrected chi connectivity index (χ2v) is 7.02. The topological polar surface area (TPSA) is 12.0 Å². The van der Waals surface area contributed by atoms with Gasteiger partial charge in [0.25, 0.3) is 0 Å². The smallest absolute Gasteiger partial charge is 0.0782 e. The molecule has 1 atom stereocenters. The lowest BCUT2D eigenvalue weighted by Crippen LogP contribution is -2.08. The molecule has 0 radical (unpaired) electrons. The van der Waals surface area contributed by atoms with Crippen molar-refractivity contribution in [3.8, 4) is 0 Å². The maximum atomic E-state index is 6.25. The van der Waals surface area contributed by atoms with E-state index in [9.17, 15) is 0 Å². The minimum atomic E-state index is -0.00745. The van der Waals surface area contributed by atoms with Gasteiger partial charge in [-0.25, -0.2) is 0 Å². The fourth-order valence-corrected chi connectivity index (χ4v) is 3.53. The van der Waals surface area contributed by atoms with Gasteiger partial charge in [-0.1, -0.05) is 52.5 Å². The average Bonchev–Trinajstić information content (AvgIpc) is 2.39. The third-order valence-electron chi connectivity index (χ3n) is 2.83. The summed E-state index contributed by atoms with van der Waals surface area (Å²) in [6.45, 7) is 2.01. The first-order valence-electron chi connectivity index (χ1n) is 5.75. The summed E-state index contributed by atoms with van der Waals surface area (Å²) in [5.41, 5.74) is 1.89. The van der Waals surface area contributed by atoms with Crippen LogP contribution < -0.4 is 5.32 Å². The van der Waals surface area contributed by atoms with Crippen molar-refractivity contribution in [2.24, 2.45) is 0 Å². The first-order valence-corrected chi connectivity index (χ1v) is 8.34. The lowest BCUT2D eigenvalue weighted by molar-refractivity contribution is 0.884. The molecule has 0 spiro atoms. The van der Waals surface area contributed by atoms with Gasteiger partial charge < -0.3 is 5.32 Å². The fourth-order valence-electron chi connectivity index (χ4n) is 1.79. The fraction of sp³-hybridized carbons (Fsp3) is 0.143. The van der Waals surface area contributed by atoms with Gasteiger partial charge >= 0.3 is 0 Å². The molecule has 20 heavy (non-hydrogen) atoms. The highest BCUT2D eigenvalue weighted by molar-refractivity contribution is 14.1. The van der Waals surface area contributed by atoms with Crippen molar-refractivity contribution in [1.29, 1.82) is 0 Å². The molecule has 0 amide bonds. The van der Waals surface area contributed by atoms with Crippen LogP contribution in [0.2, 0.25) is 20.1 Å². The molecule has 106 valence electrons. The second-order valence-electron chi connectivity index (χ2n) is 4.25. The predicted molar refractivity (Wildman–Crippen MR) is 97.7 cm³/mol. The van der Waals surface area contributed by atoms with E-state index in [1.54, 1.807) is 6.07 Å². The summed E-state index contributed by atoms with van der Waals surface area (Å²) in [6.07, 6.45) is 0. The van der Waals surface area contributed by atoms with Crippen molar-refractivity contribution in [1.82, 2.24) is 0 Å². The average molecular weight is 461 g/mol. The highest BCUT2D eigenvalue weighted by Gasteiger charge is 2.15. The minimum Gasteiger partial charge on any atom is -0.378 e. The van der Waals surface area contributed by atoms with E-state index in [-0.39, 0.29) is 6.04 Å². The molecule has 0 saturated heterocycles. The Morgan fingerprint density at radius 2 is 1.70 bits per heavy atom. The zero-order valence-corrected chi connectivity index (χ0v) is 15.5. The van der Waals surface area contributed by atoms with Gasteiger partial charge in [-0.2, -0.15) is 0 Å². The van der Waals surface area contributed by atoms with E-state index < -0.39 is 0 Å². The van der Waals surface area contributed by atoms with E-state index in [1.165, 1.54) is 0 Å². The molecule has 0 aliphatic carbocycles. The van der Waals surface area contributed by atoms with Crippen LogP contribution in [-0.4, -0.2) is 0 Å². The van der Waals surface area contributed by atoms with Crippen molar-refractivity contribution < 1.29 is 0 Å². The van der Waals surface area contributed by atoms with E-state index in [4.69, 9.17) is 46.4 Å².